The lowest BCUT2D eigenvalue weighted by Gasteiger charge is -2.14. The van der Waals surface area contributed by atoms with Crippen molar-refractivity contribution in [2.75, 3.05) is 0 Å². The van der Waals surface area contributed by atoms with E-state index >= 15 is 0 Å². The van der Waals surface area contributed by atoms with Crippen LogP contribution in [0.15, 0.2) is 61.3 Å². The molecule has 0 radical (unpaired) electrons. The SMILES string of the molecule is C=CCCc1ccccc1C(O)c1ccccn1. The molecule has 0 saturated heterocycles. The molecule has 1 unspecified atom stereocenters. The zero-order valence-corrected chi connectivity index (χ0v) is 10.3. The van der Waals surface area contributed by atoms with Crippen molar-refractivity contribution in [2.45, 2.75) is 18.9 Å². The van der Waals surface area contributed by atoms with Gasteiger partial charge in [-0.25, -0.2) is 0 Å². The number of hydrogen-bond donors (Lipinski definition) is 1. The number of benzene rings is 1. The number of nitrogens with zero attached hydrogens (tertiary/aromatic N) is 1. The number of rotatable bonds is 5. The minimum atomic E-state index is -0.660. The highest BCUT2D eigenvalue weighted by molar-refractivity contribution is 5.33. The van der Waals surface area contributed by atoms with Crippen molar-refractivity contribution < 1.29 is 5.11 Å². The van der Waals surface area contributed by atoms with Gasteiger partial charge in [-0.1, -0.05) is 36.4 Å². The molecule has 0 amide bonds. The number of hydrogen-bond acceptors (Lipinski definition) is 2. The van der Waals surface area contributed by atoms with E-state index < -0.39 is 6.10 Å². The third kappa shape index (κ3) is 2.84. The van der Waals surface area contributed by atoms with Crippen molar-refractivity contribution >= 4 is 0 Å². The summed E-state index contributed by atoms with van der Waals surface area (Å²) in [5.41, 5.74) is 2.76. The van der Waals surface area contributed by atoms with Crippen molar-refractivity contribution in [1.29, 1.82) is 0 Å². The van der Waals surface area contributed by atoms with Gasteiger partial charge in [0, 0.05) is 6.20 Å². The average Bonchev–Trinajstić information content (AvgIpc) is 2.45. The molecule has 0 saturated carbocycles. The Labute approximate surface area is 108 Å². The molecule has 1 atom stereocenters. The standard InChI is InChI=1S/C16H17NO/c1-2-3-8-13-9-4-5-10-14(13)16(18)15-11-6-7-12-17-15/h2,4-7,9-12,16,18H,1,3,8H2. The van der Waals surface area contributed by atoms with Crippen molar-refractivity contribution in [2.24, 2.45) is 0 Å². The molecule has 1 aromatic heterocycles. The minimum absolute atomic E-state index is 0.660. The molecule has 2 heteroatoms. The van der Waals surface area contributed by atoms with Crippen LogP contribution in [0.3, 0.4) is 0 Å². The molecule has 2 aromatic rings. The summed E-state index contributed by atoms with van der Waals surface area (Å²) in [6.07, 6.45) is 4.73. The van der Waals surface area contributed by atoms with Crippen LogP contribution in [0.1, 0.15) is 29.3 Å². The van der Waals surface area contributed by atoms with E-state index in [4.69, 9.17) is 0 Å². The fourth-order valence-electron chi connectivity index (χ4n) is 1.98. The first kappa shape index (κ1) is 12.5. The molecule has 92 valence electrons. The molecular formula is C16H17NO. The fourth-order valence-corrected chi connectivity index (χ4v) is 1.98. The molecule has 1 aromatic carbocycles. The first-order valence-electron chi connectivity index (χ1n) is 6.10. The highest BCUT2D eigenvalue weighted by Gasteiger charge is 2.14. The molecule has 0 spiro atoms. The largest absolute Gasteiger partial charge is 0.382 e. The van der Waals surface area contributed by atoms with Gasteiger partial charge in [0.15, 0.2) is 0 Å². The Bertz CT molecular complexity index is 508. The fraction of sp³-hybridized carbons (Fsp3) is 0.188. The molecule has 1 N–H and O–H groups in total. The molecular weight excluding hydrogens is 222 g/mol. The van der Waals surface area contributed by atoms with Gasteiger partial charge in [0.25, 0.3) is 0 Å². The molecule has 1 heterocycles. The molecule has 0 bridgehead atoms. The second-order valence-electron chi connectivity index (χ2n) is 4.18. The smallest absolute Gasteiger partial charge is 0.121 e. The van der Waals surface area contributed by atoms with Crippen molar-refractivity contribution in [3.05, 3.63) is 78.1 Å². The maximum absolute atomic E-state index is 10.4. The quantitative estimate of drug-likeness (QED) is 0.812. The van der Waals surface area contributed by atoms with Gasteiger partial charge < -0.3 is 5.11 Å². The van der Waals surface area contributed by atoms with Crippen LogP contribution in [0.2, 0.25) is 0 Å². The van der Waals surface area contributed by atoms with E-state index in [0.29, 0.717) is 5.69 Å². The first-order valence-corrected chi connectivity index (χ1v) is 6.10. The molecule has 0 fully saturated rings. The summed E-state index contributed by atoms with van der Waals surface area (Å²) >= 11 is 0. The van der Waals surface area contributed by atoms with Crippen LogP contribution in [0, 0.1) is 0 Å². The van der Waals surface area contributed by atoms with E-state index in [0.717, 1.165) is 24.0 Å². The van der Waals surface area contributed by atoms with E-state index in [1.807, 2.05) is 48.5 Å². The van der Waals surface area contributed by atoms with E-state index in [1.54, 1.807) is 6.20 Å². The monoisotopic (exact) mass is 239 g/mol. The maximum atomic E-state index is 10.4. The van der Waals surface area contributed by atoms with Gasteiger partial charge in [0.05, 0.1) is 5.69 Å². The van der Waals surface area contributed by atoms with Gasteiger partial charge in [-0.2, -0.15) is 0 Å². The Morgan fingerprint density at radius 1 is 1.17 bits per heavy atom. The Morgan fingerprint density at radius 3 is 2.67 bits per heavy atom. The van der Waals surface area contributed by atoms with Crippen LogP contribution in [0.4, 0.5) is 0 Å². The molecule has 2 nitrogen and oxygen atoms in total. The zero-order chi connectivity index (χ0) is 12.8. The average molecular weight is 239 g/mol. The topological polar surface area (TPSA) is 33.1 Å². The number of aliphatic hydroxyl groups excluding tert-OH is 1. The summed E-state index contributed by atoms with van der Waals surface area (Å²) in [4.78, 5) is 4.21. The Morgan fingerprint density at radius 2 is 1.94 bits per heavy atom. The van der Waals surface area contributed by atoms with Crippen LogP contribution >= 0.6 is 0 Å². The maximum Gasteiger partial charge on any atom is 0.121 e. The van der Waals surface area contributed by atoms with Crippen molar-refractivity contribution in [3.63, 3.8) is 0 Å². The van der Waals surface area contributed by atoms with Crippen LogP contribution in [-0.2, 0) is 6.42 Å². The molecule has 0 aliphatic rings. The lowest BCUT2D eigenvalue weighted by atomic mass is 9.97. The second kappa shape index (κ2) is 6.12. The third-order valence-corrected chi connectivity index (χ3v) is 2.94. The lowest BCUT2D eigenvalue weighted by Crippen LogP contribution is -2.05. The van der Waals surface area contributed by atoms with E-state index in [9.17, 15) is 5.11 Å². The van der Waals surface area contributed by atoms with Crippen LogP contribution in [-0.4, -0.2) is 10.1 Å². The zero-order valence-electron chi connectivity index (χ0n) is 10.3. The van der Waals surface area contributed by atoms with E-state index in [2.05, 4.69) is 11.6 Å². The number of aromatic nitrogens is 1. The van der Waals surface area contributed by atoms with Gasteiger partial charge in [-0.3, -0.25) is 4.98 Å². The summed E-state index contributed by atoms with van der Waals surface area (Å²) in [5, 5.41) is 10.4. The van der Waals surface area contributed by atoms with Crippen LogP contribution in [0.25, 0.3) is 0 Å². The van der Waals surface area contributed by atoms with Gasteiger partial charge >= 0.3 is 0 Å². The van der Waals surface area contributed by atoms with E-state index in [1.165, 1.54) is 0 Å². The van der Waals surface area contributed by atoms with Gasteiger partial charge in [0.1, 0.15) is 6.10 Å². The predicted octanol–water partition coefficient (Wildman–Crippen LogP) is 3.28. The van der Waals surface area contributed by atoms with Crippen LogP contribution in [0.5, 0.6) is 0 Å². The summed E-state index contributed by atoms with van der Waals surface area (Å²) in [6, 6.07) is 13.5. The van der Waals surface area contributed by atoms with Gasteiger partial charge in [0.2, 0.25) is 0 Å². The molecule has 0 aliphatic carbocycles. The molecule has 18 heavy (non-hydrogen) atoms. The Hall–Kier alpha value is -1.93. The van der Waals surface area contributed by atoms with Gasteiger partial charge in [-0.05, 0) is 36.1 Å². The highest BCUT2D eigenvalue weighted by atomic mass is 16.3. The van der Waals surface area contributed by atoms with Crippen molar-refractivity contribution in [3.8, 4) is 0 Å². The van der Waals surface area contributed by atoms with Crippen molar-refractivity contribution in [1.82, 2.24) is 4.98 Å². The number of aliphatic hydroxyl groups is 1. The Balaban J connectivity index is 2.29. The first-order chi connectivity index (χ1) is 8.83. The minimum Gasteiger partial charge on any atom is -0.382 e. The predicted molar refractivity (Wildman–Crippen MR) is 73.3 cm³/mol. The second-order valence-corrected chi connectivity index (χ2v) is 4.18. The Kier molecular flexibility index (Phi) is 4.26. The van der Waals surface area contributed by atoms with Crippen LogP contribution < -0.4 is 0 Å². The van der Waals surface area contributed by atoms with E-state index in [-0.39, 0.29) is 0 Å². The summed E-state index contributed by atoms with van der Waals surface area (Å²) in [5.74, 6) is 0. The highest BCUT2D eigenvalue weighted by Crippen LogP contribution is 2.24. The lowest BCUT2D eigenvalue weighted by molar-refractivity contribution is 0.214. The summed E-state index contributed by atoms with van der Waals surface area (Å²) in [7, 11) is 0. The van der Waals surface area contributed by atoms with Gasteiger partial charge in [-0.15, -0.1) is 6.58 Å². The normalized spacial score (nSPS) is 12.1. The third-order valence-electron chi connectivity index (χ3n) is 2.94. The summed E-state index contributed by atoms with van der Waals surface area (Å²) < 4.78 is 0. The number of allylic oxidation sites excluding steroid dienone is 1. The number of aryl methyl sites for hydroxylation is 1. The number of pyridine rings is 1. The molecule has 0 aliphatic heterocycles. The summed E-state index contributed by atoms with van der Waals surface area (Å²) in [6.45, 7) is 3.73. The molecule has 2 rings (SSSR count).